The molecule has 0 aliphatic carbocycles. The first-order valence-electron chi connectivity index (χ1n) is 9.78. The zero-order valence-corrected chi connectivity index (χ0v) is 16.2. The van der Waals surface area contributed by atoms with E-state index in [0.717, 1.165) is 12.8 Å². The summed E-state index contributed by atoms with van der Waals surface area (Å²) in [5.74, 6) is 0.357. The van der Waals surface area contributed by atoms with Crippen molar-refractivity contribution in [3.05, 3.63) is 24.2 Å². The summed E-state index contributed by atoms with van der Waals surface area (Å²) in [6, 6.07) is 1.65. The summed E-state index contributed by atoms with van der Waals surface area (Å²) >= 11 is 0. The smallest absolute Gasteiger partial charge is 0.254 e. The van der Waals surface area contributed by atoms with Gasteiger partial charge in [-0.05, 0) is 39.7 Å². The van der Waals surface area contributed by atoms with Crippen LogP contribution in [-0.2, 0) is 14.3 Å². The number of carbonyl (C=O) groups is 2. The first-order valence-corrected chi connectivity index (χ1v) is 9.78. The standard InChI is InChI=1S/C20H28N2O5/c1-4-26-19(2,3)18(24)22-10-15-14(16-5-7-20(15,12-22)27-16)9-21-17(23)13-6-8-25-11-13/h6,8,11,14-16H,4-5,7,9-10,12H2,1-3H3,(H,21,23)/t14-,15+,16+,20+/m0/s1. The summed E-state index contributed by atoms with van der Waals surface area (Å²) in [5, 5.41) is 3.01. The summed E-state index contributed by atoms with van der Waals surface area (Å²) < 4.78 is 17.0. The van der Waals surface area contributed by atoms with Crippen LogP contribution in [0.2, 0.25) is 0 Å². The summed E-state index contributed by atoms with van der Waals surface area (Å²) in [7, 11) is 0. The van der Waals surface area contributed by atoms with Gasteiger partial charge in [-0.1, -0.05) is 0 Å². The van der Waals surface area contributed by atoms with Crippen LogP contribution >= 0.6 is 0 Å². The van der Waals surface area contributed by atoms with E-state index < -0.39 is 5.60 Å². The third kappa shape index (κ3) is 3.06. The predicted octanol–water partition coefficient (Wildman–Crippen LogP) is 1.83. The van der Waals surface area contributed by atoms with Crippen LogP contribution in [-0.4, -0.2) is 60.3 Å². The average molecular weight is 376 g/mol. The lowest BCUT2D eigenvalue weighted by Crippen LogP contribution is -2.47. The molecular formula is C20H28N2O5. The highest BCUT2D eigenvalue weighted by atomic mass is 16.5. The van der Waals surface area contributed by atoms with Crippen molar-refractivity contribution in [2.24, 2.45) is 11.8 Å². The molecule has 0 aromatic carbocycles. The summed E-state index contributed by atoms with van der Waals surface area (Å²) in [5.41, 5.74) is -0.559. The van der Waals surface area contributed by atoms with Crippen molar-refractivity contribution in [1.82, 2.24) is 10.2 Å². The summed E-state index contributed by atoms with van der Waals surface area (Å²) in [6.45, 7) is 7.89. The van der Waals surface area contributed by atoms with Crippen LogP contribution in [0.15, 0.2) is 23.0 Å². The average Bonchev–Trinajstić information content (AvgIpc) is 3.38. The molecule has 0 unspecified atom stereocenters. The summed E-state index contributed by atoms with van der Waals surface area (Å²) in [4.78, 5) is 27.1. The van der Waals surface area contributed by atoms with E-state index >= 15 is 0 Å². The van der Waals surface area contributed by atoms with Gasteiger partial charge in [0.05, 0.1) is 30.1 Å². The summed E-state index contributed by atoms with van der Waals surface area (Å²) in [6.07, 6.45) is 5.06. The van der Waals surface area contributed by atoms with Crippen LogP contribution < -0.4 is 5.32 Å². The molecule has 7 nitrogen and oxygen atoms in total. The lowest BCUT2D eigenvalue weighted by atomic mass is 9.73. The zero-order chi connectivity index (χ0) is 19.2. The van der Waals surface area contributed by atoms with E-state index in [9.17, 15) is 9.59 Å². The Balaban J connectivity index is 1.43. The Morgan fingerprint density at radius 3 is 2.96 bits per heavy atom. The Hall–Kier alpha value is -1.86. The van der Waals surface area contributed by atoms with Gasteiger partial charge in [-0.15, -0.1) is 0 Å². The van der Waals surface area contributed by atoms with E-state index in [1.165, 1.54) is 12.5 Å². The Morgan fingerprint density at radius 2 is 2.26 bits per heavy atom. The predicted molar refractivity (Wildman–Crippen MR) is 97.1 cm³/mol. The highest BCUT2D eigenvalue weighted by molar-refractivity contribution is 5.93. The van der Waals surface area contributed by atoms with Crippen LogP contribution in [0.3, 0.4) is 0 Å². The van der Waals surface area contributed by atoms with Gasteiger partial charge in [0.1, 0.15) is 11.9 Å². The van der Waals surface area contributed by atoms with E-state index in [-0.39, 0.29) is 35.4 Å². The third-order valence-electron chi connectivity index (χ3n) is 6.37. The van der Waals surface area contributed by atoms with E-state index in [2.05, 4.69) is 5.32 Å². The number of furan rings is 1. The molecule has 3 fully saturated rings. The number of nitrogens with zero attached hydrogens (tertiary/aromatic N) is 1. The Morgan fingerprint density at radius 1 is 1.44 bits per heavy atom. The minimum Gasteiger partial charge on any atom is -0.472 e. The van der Waals surface area contributed by atoms with Gasteiger partial charge >= 0.3 is 0 Å². The van der Waals surface area contributed by atoms with Gasteiger partial charge in [-0.25, -0.2) is 0 Å². The van der Waals surface area contributed by atoms with Crippen LogP contribution in [0.1, 0.15) is 44.0 Å². The zero-order valence-electron chi connectivity index (χ0n) is 16.2. The molecule has 27 heavy (non-hydrogen) atoms. The quantitative estimate of drug-likeness (QED) is 0.819. The van der Waals surface area contributed by atoms with Crippen molar-refractivity contribution < 1.29 is 23.5 Å². The molecule has 3 aliphatic heterocycles. The van der Waals surface area contributed by atoms with E-state index in [1.54, 1.807) is 6.07 Å². The fourth-order valence-electron chi connectivity index (χ4n) is 5.13. The first-order chi connectivity index (χ1) is 12.9. The van der Waals surface area contributed by atoms with Gasteiger partial charge in [-0.2, -0.15) is 0 Å². The molecule has 3 aliphatic rings. The number of carbonyl (C=O) groups excluding carboxylic acids is 2. The fourth-order valence-corrected chi connectivity index (χ4v) is 5.13. The fraction of sp³-hybridized carbons (Fsp3) is 0.700. The maximum absolute atomic E-state index is 13.0. The number of hydrogen-bond donors (Lipinski definition) is 1. The second kappa shape index (κ2) is 6.63. The number of fused-ring (bicyclic) bond motifs is 1. The molecule has 1 N–H and O–H groups in total. The highest BCUT2D eigenvalue weighted by Gasteiger charge is 2.64. The van der Waals surface area contributed by atoms with E-state index in [0.29, 0.717) is 31.8 Å². The molecule has 0 radical (unpaired) electrons. The number of hydrogen-bond acceptors (Lipinski definition) is 5. The van der Waals surface area contributed by atoms with E-state index in [1.807, 2.05) is 25.7 Å². The van der Waals surface area contributed by atoms with Gasteiger partial charge in [0.25, 0.3) is 11.8 Å². The maximum Gasteiger partial charge on any atom is 0.254 e. The Bertz CT molecular complexity index is 716. The largest absolute Gasteiger partial charge is 0.472 e. The van der Waals surface area contributed by atoms with Crippen molar-refractivity contribution in [3.8, 4) is 0 Å². The normalized spacial score (nSPS) is 32.0. The molecule has 0 saturated carbocycles. The van der Waals surface area contributed by atoms with Crippen molar-refractivity contribution in [2.45, 2.75) is 50.9 Å². The number of amides is 2. The van der Waals surface area contributed by atoms with Crippen LogP contribution in [0.5, 0.6) is 0 Å². The molecule has 4 heterocycles. The monoisotopic (exact) mass is 376 g/mol. The van der Waals surface area contributed by atoms with Gasteiger partial charge in [0, 0.05) is 31.5 Å². The lowest BCUT2D eigenvalue weighted by molar-refractivity contribution is -0.154. The van der Waals surface area contributed by atoms with Crippen molar-refractivity contribution in [1.29, 1.82) is 0 Å². The molecule has 7 heteroatoms. The molecule has 3 saturated heterocycles. The molecule has 148 valence electrons. The SMILES string of the molecule is CCOC(C)(C)C(=O)N1C[C@@H]2[C@H](CNC(=O)c3ccoc3)[C@H]3CC[C@]2(C1)O3. The van der Waals surface area contributed by atoms with Gasteiger partial charge in [-0.3, -0.25) is 9.59 Å². The Labute approximate surface area is 159 Å². The molecule has 4 rings (SSSR count). The molecular weight excluding hydrogens is 348 g/mol. The molecule has 1 aromatic rings. The number of ether oxygens (including phenoxy) is 2. The molecule has 1 spiro atoms. The van der Waals surface area contributed by atoms with Gasteiger partial charge < -0.3 is 24.1 Å². The van der Waals surface area contributed by atoms with E-state index in [4.69, 9.17) is 13.9 Å². The van der Waals surface area contributed by atoms with Crippen molar-refractivity contribution in [2.75, 3.05) is 26.2 Å². The minimum atomic E-state index is -0.826. The minimum absolute atomic E-state index is 0.0151. The van der Waals surface area contributed by atoms with Crippen LogP contribution in [0.25, 0.3) is 0 Å². The second-order valence-electron chi connectivity index (χ2n) is 8.38. The van der Waals surface area contributed by atoms with Gasteiger partial charge in [0.15, 0.2) is 0 Å². The molecule has 2 amide bonds. The van der Waals surface area contributed by atoms with Crippen LogP contribution in [0.4, 0.5) is 0 Å². The molecule has 4 atom stereocenters. The second-order valence-corrected chi connectivity index (χ2v) is 8.38. The third-order valence-corrected chi connectivity index (χ3v) is 6.37. The molecule has 1 aromatic heterocycles. The van der Waals surface area contributed by atoms with Crippen molar-refractivity contribution in [3.63, 3.8) is 0 Å². The number of likely N-dealkylation sites (tertiary alicyclic amines) is 1. The molecule has 2 bridgehead atoms. The van der Waals surface area contributed by atoms with Crippen LogP contribution in [0, 0.1) is 11.8 Å². The highest BCUT2D eigenvalue weighted by Crippen LogP contribution is 2.54. The Kier molecular flexibility index (Phi) is 4.55. The lowest BCUT2D eigenvalue weighted by Gasteiger charge is -2.30. The first kappa shape index (κ1) is 18.5. The topological polar surface area (TPSA) is 81.0 Å². The van der Waals surface area contributed by atoms with Crippen molar-refractivity contribution >= 4 is 11.8 Å². The van der Waals surface area contributed by atoms with Gasteiger partial charge in [0.2, 0.25) is 0 Å². The number of rotatable bonds is 6. The number of nitrogens with one attached hydrogen (secondary N) is 1. The maximum atomic E-state index is 13.0.